The summed E-state index contributed by atoms with van der Waals surface area (Å²) in [7, 11) is -3.39. The standard InChI is InChI=1S/C14H23N3O2S/c1-3-9-15-14-8-7-13(11-16-14)20(18,19)17-10-5-6-12(17)4-2/h7-8,11-12H,3-6,9-10H2,1-2H3,(H,15,16). The maximum atomic E-state index is 12.6. The summed E-state index contributed by atoms with van der Waals surface area (Å²) >= 11 is 0. The van der Waals surface area contributed by atoms with Crippen LogP contribution in [0, 0.1) is 0 Å². The van der Waals surface area contributed by atoms with E-state index in [-0.39, 0.29) is 6.04 Å². The van der Waals surface area contributed by atoms with Crippen molar-refractivity contribution in [2.24, 2.45) is 0 Å². The molecule has 20 heavy (non-hydrogen) atoms. The number of nitrogens with one attached hydrogen (secondary N) is 1. The fraction of sp³-hybridized carbons (Fsp3) is 0.643. The first-order valence-electron chi connectivity index (χ1n) is 7.31. The molecule has 5 nitrogen and oxygen atoms in total. The molecule has 2 rings (SSSR count). The van der Waals surface area contributed by atoms with E-state index in [1.807, 2.05) is 6.92 Å². The van der Waals surface area contributed by atoms with Gasteiger partial charge in [-0.3, -0.25) is 0 Å². The van der Waals surface area contributed by atoms with Crippen molar-refractivity contribution in [3.05, 3.63) is 18.3 Å². The number of aromatic nitrogens is 1. The Balaban J connectivity index is 2.17. The first-order valence-corrected chi connectivity index (χ1v) is 8.75. The summed E-state index contributed by atoms with van der Waals surface area (Å²) in [5.74, 6) is 0.722. The van der Waals surface area contributed by atoms with Crippen molar-refractivity contribution in [1.29, 1.82) is 0 Å². The number of pyridine rings is 1. The molecular weight excluding hydrogens is 274 g/mol. The molecule has 0 amide bonds. The summed E-state index contributed by atoms with van der Waals surface area (Å²) in [4.78, 5) is 4.48. The second-order valence-corrected chi connectivity index (χ2v) is 7.02. The molecule has 0 radical (unpaired) electrons. The summed E-state index contributed by atoms with van der Waals surface area (Å²) in [5, 5.41) is 3.14. The van der Waals surface area contributed by atoms with Gasteiger partial charge in [0.25, 0.3) is 0 Å². The van der Waals surface area contributed by atoms with Gasteiger partial charge in [0.15, 0.2) is 0 Å². The van der Waals surface area contributed by atoms with E-state index in [0.717, 1.165) is 38.0 Å². The summed E-state index contributed by atoms with van der Waals surface area (Å²) < 4.78 is 26.8. The van der Waals surface area contributed by atoms with Crippen molar-refractivity contribution in [2.45, 2.75) is 50.5 Å². The van der Waals surface area contributed by atoms with Crippen LogP contribution in [-0.4, -0.2) is 36.8 Å². The van der Waals surface area contributed by atoms with Crippen LogP contribution in [0.5, 0.6) is 0 Å². The lowest BCUT2D eigenvalue weighted by molar-refractivity contribution is 0.379. The van der Waals surface area contributed by atoms with Gasteiger partial charge in [0.1, 0.15) is 10.7 Å². The molecule has 1 N–H and O–H groups in total. The van der Waals surface area contributed by atoms with Crippen LogP contribution < -0.4 is 5.32 Å². The van der Waals surface area contributed by atoms with Gasteiger partial charge in [0.05, 0.1) is 0 Å². The van der Waals surface area contributed by atoms with Crippen LogP contribution in [-0.2, 0) is 10.0 Å². The quantitative estimate of drug-likeness (QED) is 0.876. The molecule has 2 heterocycles. The lowest BCUT2D eigenvalue weighted by atomic mass is 10.2. The van der Waals surface area contributed by atoms with E-state index < -0.39 is 10.0 Å². The number of hydrogen-bond donors (Lipinski definition) is 1. The van der Waals surface area contributed by atoms with Crippen molar-refractivity contribution in [2.75, 3.05) is 18.4 Å². The molecule has 1 saturated heterocycles. The average Bonchev–Trinajstić information content (AvgIpc) is 2.95. The lowest BCUT2D eigenvalue weighted by Crippen LogP contribution is -2.35. The van der Waals surface area contributed by atoms with E-state index in [2.05, 4.69) is 17.2 Å². The molecule has 0 bridgehead atoms. The molecule has 0 saturated carbocycles. The summed E-state index contributed by atoms with van der Waals surface area (Å²) in [6, 6.07) is 3.52. The number of hydrogen-bond acceptors (Lipinski definition) is 4. The predicted octanol–water partition coefficient (Wildman–Crippen LogP) is 2.47. The van der Waals surface area contributed by atoms with Gasteiger partial charge in [-0.2, -0.15) is 4.31 Å². The normalized spacial score (nSPS) is 20.2. The molecule has 0 aromatic carbocycles. The predicted molar refractivity (Wildman–Crippen MR) is 80.2 cm³/mol. The van der Waals surface area contributed by atoms with E-state index in [9.17, 15) is 8.42 Å². The van der Waals surface area contributed by atoms with Crippen LogP contribution in [0.3, 0.4) is 0 Å². The fourth-order valence-corrected chi connectivity index (χ4v) is 4.27. The Morgan fingerprint density at radius 3 is 2.80 bits per heavy atom. The van der Waals surface area contributed by atoms with Gasteiger partial charge in [-0.25, -0.2) is 13.4 Å². The van der Waals surface area contributed by atoms with E-state index in [1.54, 1.807) is 16.4 Å². The molecule has 1 unspecified atom stereocenters. The number of rotatable bonds is 6. The van der Waals surface area contributed by atoms with Crippen molar-refractivity contribution >= 4 is 15.8 Å². The molecule has 1 aromatic heterocycles. The molecule has 1 aliphatic rings. The van der Waals surface area contributed by atoms with Gasteiger partial charge >= 0.3 is 0 Å². The van der Waals surface area contributed by atoms with Crippen LogP contribution in [0.15, 0.2) is 23.2 Å². The first-order chi connectivity index (χ1) is 9.59. The summed E-state index contributed by atoms with van der Waals surface area (Å²) in [6.07, 6.45) is 5.23. The molecule has 6 heteroatoms. The van der Waals surface area contributed by atoms with E-state index >= 15 is 0 Å². The molecule has 1 aliphatic heterocycles. The second-order valence-electron chi connectivity index (χ2n) is 5.13. The topological polar surface area (TPSA) is 62.3 Å². The highest BCUT2D eigenvalue weighted by Gasteiger charge is 2.34. The molecular formula is C14H23N3O2S. The minimum absolute atomic E-state index is 0.137. The molecule has 0 aliphatic carbocycles. The van der Waals surface area contributed by atoms with Crippen LogP contribution in [0.4, 0.5) is 5.82 Å². The van der Waals surface area contributed by atoms with E-state index in [0.29, 0.717) is 11.4 Å². The minimum Gasteiger partial charge on any atom is -0.370 e. The monoisotopic (exact) mass is 297 g/mol. The van der Waals surface area contributed by atoms with Crippen molar-refractivity contribution in [3.8, 4) is 0 Å². The van der Waals surface area contributed by atoms with Crippen LogP contribution >= 0.6 is 0 Å². The Hall–Kier alpha value is -1.14. The van der Waals surface area contributed by atoms with Crippen molar-refractivity contribution in [1.82, 2.24) is 9.29 Å². The third-order valence-electron chi connectivity index (χ3n) is 3.69. The lowest BCUT2D eigenvalue weighted by Gasteiger charge is -2.22. The average molecular weight is 297 g/mol. The second kappa shape index (κ2) is 6.54. The molecule has 1 aromatic rings. The Morgan fingerprint density at radius 1 is 1.40 bits per heavy atom. The highest BCUT2D eigenvalue weighted by atomic mass is 32.2. The van der Waals surface area contributed by atoms with Crippen molar-refractivity contribution in [3.63, 3.8) is 0 Å². The summed E-state index contributed by atoms with van der Waals surface area (Å²) in [6.45, 7) is 5.57. The highest BCUT2D eigenvalue weighted by Crippen LogP contribution is 2.27. The fourth-order valence-electron chi connectivity index (χ4n) is 2.56. The highest BCUT2D eigenvalue weighted by molar-refractivity contribution is 7.89. The maximum Gasteiger partial charge on any atom is 0.244 e. The Labute approximate surface area is 121 Å². The van der Waals surface area contributed by atoms with Gasteiger partial charge in [0, 0.05) is 25.3 Å². The SMILES string of the molecule is CCCNc1ccc(S(=O)(=O)N2CCCC2CC)cn1. The Bertz CT molecular complexity index is 528. The third-order valence-corrected chi connectivity index (χ3v) is 5.63. The number of nitrogens with zero attached hydrogens (tertiary/aromatic N) is 2. The number of anilines is 1. The van der Waals surface area contributed by atoms with Crippen LogP contribution in [0.2, 0.25) is 0 Å². The van der Waals surface area contributed by atoms with Gasteiger partial charge in [-0.1, -0.05) is 13.8 Å². The molecule has 0 spiro atoms. The zero-order chi connectivity index (χ0) is 14.6. The number of sulfonamides is 1. The Morgan fingerprint density at radius 2 is 2.20 bits per heavy atom. The van der Waals surface area contributed by atoms with Crippen molar-refractivity contribution < 1.29 is 8.42 Å². The smallest absolute Gasteiger partial charge is 0.244 e. The van der Waals surface area contributed by atoms with Crippen LogP contribution in [0.1, 0.15) is 39.5 Å². The minimum atomic E-state index is -3.39. The maximum absolute atomic E-state index is 12.6. The van der Waals surface area contributed by atoms with Gasteiger partial charge in [-0.15, -0.1) is 0 Å². The Kier molecular flexibility index (Phi) is 4.99. The zero-order valence-electron chi connectivity index (χ0n) is 12.2. The van der Waals surface area contributed by atoms with E-state index in [4.69, 9.17) is 0 Å². The molecule has 1 atom stereocenters. The zero-order valence-corrected chi connectivity index (χ0v) is 13.0. The largest absolute Gasteiger partial charge is 0.370 e. The molecule has 1 fully saturated rings. The van der Waals surface area contributed by atoms with Gasteiger partial charge in [-0.05, 0) is 37.8 Å². The van der Waals surface area contributed by atoms with Gasteiger partial charge in [0.2, 0.25) is 10.0 Å². The molecule has 112 valence electrons. The first kappa shape index (κ1) is 15.3. The summed E-state index contributed by atoms with van der Waals surface area (Å²) in [5.41, 5.74) is 0. The van der Waals surface area contributed by atoms with E-state index in [1.165, 1.54) is 6.20 Å². The van der Waals surface area contributed by atoms with Gasteiger partial charge < -0.3 is 5.32 Å². The third kappa shape index (κ3) is 3.12. The van der Waals surface area contributed by atoms with Crippen LogP contribution in [0.25, 0.3) is 0 Å².